The summed E-state index contributed by atoms with van der Waals surface area (Å²) >= 11 is 1.44. The molecular weight excluding hydrogens is 452 g/mol. The van der Waals surface area contributed by atoms with Crippen molar-refractivity contribution >= 4 is 34.0 Å². The molecular formula is C25H24N4O4S. The lowest BCUT2D eigenvalue weighted by Crippen LogP contribution is -2.24. The van der Waals surface area contributed by atoms with Crippen molar-refractivity contribution in [1.82, 2.24) is 9.99 Å². The van der Waals surface area contributed by atoms with Crippen molar-refractivity contribution in [3.63, 3.8) is 0 Å². The van der Waals surface area contributed by atoms with E-state index >= 15 is 0 Å². The fraction of sp³-hybridized carbons (Fsp3) is 0.280. The van der Waals surface area contributed by atoms with Gasteiger partial charge in [0, 0.05) is 30.6 Å². The zero-order valence-electron chi connectivity index (χ0n) is 18.7. The molecule has 9 heteroatoms. The average molecular weight is 477 g/mol. The number of nitrogens with zero attached hydrogens (tertiary/aromatic N) is 3. The summed E-state index contributed by atoms with van der Waals surface area (Å²) < 4.78 is 10.8. The van der Waals surface area contributed by atoms with Gasteiger partial charge in [-0.1, -0.05) is 36.4 Å². The van der Waals surface area contributed by atoms with E-state index in [1.807, 2.05) is 55.5 Å². The second-order valence-electron chi connectivity index (χ2n) is 8.12. The van der Waals surface area contributed by atoms with Crippen LogP contribution in [0.15, 0.2) is 53.6 Å². The van der Waals surface area contributed by atoms with Crippen molar-refractivity contribution in [3.8, 4) is 11.5 Å². The van der Waals surface area contributed by atoms with Gasteiger partial charge in [0.05, 0.1) is 18.0 Å². The molecule has 0 spiro atoms. The Morgan fingerprint density at radius 3 is 2.76 bits per heavy atom. The molecule has 2 amide bonds. The molecule has 34 heavy (non-hydrogen) atoms. The Morgan fingerprint density at radius 1 is 1.09 bits per heavy atom. The first-order chi connectivity index (χ1) is 16.5. The second kappa shape index (κ2) is 9.64. The first kappa shape index (κ1) is 22.1. The molecule has 0 radical (unpaired) electrons. The monoisotopic (exact) mass is 476 g/mol. The van der Waals surface area contributed by atoms with Crippen LogP contribution in [0.3, 0.4) is 0 Å². The van der Waals surface area contributed by atoms with Crippen LogP contribution in [0, 0.1) is 6.92 Å². The third-order valence-electron chi connectivity index (χ3n) is 5.70. The van der Waals surface area contributed by atoms with Gasteiger partial charge in [0.2, 0.25) is 18.6 Å². The minimum absolute atomic E-state index is 0.0850. The van der Waals surface area contributed by atoms with Crippen LogP contribution in [0.25, 0.3) is 0 Å². The Morgan fingerprint density at radius 2 is 1.91 bits per heavy atom. The van der Waals surface area contributed by atoms with E-state index in [9.17, 15) is 9.59 Å². The van der Waals surface area contributed by atoms with Crippen molar-refractivity contribution in [2.45, 2.75) is 32.6 Å². The predicted octanol–water partition coefficient (Wildman–Crippen LogP) is 4.13. The number of ether oxygens (including phenoxy) is 2. The van der Waals surface area contributed by atoms with E-state index in [-0.39, 0.29) is 31.4 Å². The van der Waals surface area contributed by atoms with Gasteiger partial charge in [-0.15, -0.1) is 11.3 Å². The van der Waals surface area contributed by atoms with E-state index in [0.29, 0.717) is 24.5 Å². The Labute approximate surface area is 201 Å². The molecule has 1 aromatic heterocycles. The number of benzene rings is 2. The van der Waals surface area contributed by atoms with Crippen LogP contribution in [0.1, 0.15) is 41.0 Å². The molecule has 0 unspecified atom stereocenters. The summed E-state index contributed by atoms with van der Waals surface area (Å²) in [6, 6.07) is 15.7. The molecule has 1 N–H and O–H groups in total. The number of hydrogen-bond donors (Lipinski definition) is 1. The number of nitrogens with one attached hydrogen (secondary N) is 1. The van der Waals surface area contributed by atoms with Crippen LogP contribution >= 0.6 is 11.3 Å². The van der Waals surface area contributed by atoms with Crippen molar-refractivity contribution in [1.29, 1.82) is 0 Å². The lowest BCUT2D eigenvalue weighted by atomic mass is 10.1. The molecule has 2 aromatic carbocycles. The fourth-order valence-electron chi connectivity index (χ4n) is 3.88. The van der Waals surface area contributed by atoms with Gasteiger partial charge in [-0.3, -0.25) is 9.59 Å². The molecule has 8 nitrogen and oxygen atoms in total. The number of aryl methyl sites for hydroxylation is 1. The third kappa shape index (κ3) is 4.94. The van der Waals surface area contributed by atoms with Gasteiger partial charge in [0.15, 0.2) is 16.6 Å². The molecule has 2 aliphatic rings. The number of thiazole rings is 1. The Bertz CT molecular complexity index is 1260. The predicted molar refractivity (Wildman–Crippen MR) is 129 cm³/mol. The van der Waals surface area contributed by atoms with Crippen LogP contribution in [0.2, 0.25) is 0 Å². The van der Waals surface area contributed by atoms with E-state index in [0.717, 1.165) is 38.9 Å². The molecule has 0 fully saturated rings. The van der Waals surface area contributed by atoms with E-state index in [2.05, 4.69) is 15.4 Å². The number of aromatic nitrogens is 1. The number of carbonyl (C=O) groups excluding carboxylic acids is 2. The molecule has 3 aromatic rings. The molecule has 0 bridgehead atoms. The van der Waals surface area contributed by atoms with Gasteiger partial charge >= 0.3 is 0 Å². The quantitative estimate of drug-likeness (QED) is 0.554. The standard InChI is InChI=1S/C25H24N4O4S/c1-16-22(14-17-7-8-20-21(13-17)33-15-32-20)34-25(26-16)27-23(30)9-10-24(31)29-12-11-19(28-29)18-5-3-2-4-6-18/h2-8,13H,9-12,14-15H2,1H3,(H,26,27,30). The molecule has 0 saturated heterocycles. The summed E-state index contributed by atoms with van der Waals surface area (Å²) in [7, 11) is 0. The summed E-state index contributed by atoms with van der Waals surface area (Å²) in [5, 5.41) is 9.27. The summed E-state index contributed by atoms with van der Waals surface area (Å²) in [5.41, 5.74) is 3.87. The van der Waals surface area contributed by atoms with E-state index in [1.54, 1.807) is 0 Å². The zero-order chi connectivity index (χ0) is 23.5. The second-order valence-corrected chi connectivity index (χ2v) is 9.20. The highest BCUT2D eigenvalue weighted by Crippen LogP contribution is 2.34. The number of amides is 2. The minimum atomic E-state index is -0.233. The van der Waals surface area contributed by atoms with E-state index in [4.69, 9.17) is 9.47 Å². The molecule has 0 aliphatic carbocycles. The number of rotatable bonds is 7. The Balaban J connectivity index is 1.13. The van der Waals surface area contributed by atoms with E-state index < -0.39 is 0 Å². The Hall–Kier alpha value is -3.72. The molecule has 5 rings (SSSR count). The highest BCUT2D eigenvalue weighted by molar-refractivity contribution is 7.15. The molecule has 3 heterocycles. The number of hydrazone groups is 1. The van der Waals surface area contributed by atoms with E-state index in [1.165, 1.54) is 16.3 Å². The van der Waals surface area contributed by atoms with Gasteiger partial charge in [-0.25, -0.2) is 9.99 Å². The minimum Gasteiger partial charge on any atom is -0.454 e. The van der Waals surface area contributed by atoms with Crippen LogP contribution in [0.4, 0.5) is 5.13 Å². The Kier molecular flexibility index (Phi) is 6.27. The maximum absolute atomic E-state index is 12.5. The number of hydrogen-bond acceptors (Lipinski definition) is 7. The SMILES string of the molecule is Cc1nc(NC(=O)CCC(=O)N2CCC(c3ccccc3)=N2)sc1Cc1ccc2c(c1)OCO2. The van der Waals surface area contributed by atoms with Gasteiger partial charge < -0.3 is 14.8 Å². The fourth-order valence-corrected chi connectivity index (χ4v) is 4.90. The average Bonchev–Trinajstić information content (AvgIpc) is 3.58. The highest BCUT2D eigenvalue weighted by atomic mass is 32.1. The maximum Gasteiger partial charge on any atom is 0.243 e. The van der Waals surface area contributed by atoms with Gasteiger partial charge in [-0.2, -0.15) is 5.10 Å². The topological polar surface area (TPSA) is 93.1 Å². The lowest BCUT2D eigenvalue weighted by Gasteiger charge is -2.10. The van der Waals surface area contributed by atoms with Crippen LogP contribution in [-0.4, -0.2) is 40.9 Å². The summed E-state index contributed by atoms with van der Waals surface area (Å²) in [6.07, 6.45) is 1.59. The first-order valence-corrected chi connectivity index (χ1v) is 11.9. The van der Waals surface area contributed by atoms with Crippen LogP contribution in [0.5, 0.6) is 11.5 Å². The summed E-state index contributed by atoms with van der Waals surface area (Å²) in [6.45, 7) is 2.71. The van der Waals surface area contributed by atoms with Crippen molar-refractivity contribution < 1.29 is 19.1 Å². The smallest absolute Gasteiger partial charge is 0.243 e. The number of carbonyl (C=O) groups is 2. The first-order valence-electron chi connectivity index (χ1n) is 11.1. The van der Waals surface area contributed by atoms with Crippen molar-refractivity contribution in [3.05, 3.63) is 70.2 Å². The van der Waals surface area contributed by atoms with Gasteiger partial charge in [-0.05, 0) is 30.2 Å². The normalized spacial score (nSPS) is 14.3. The summed E-state index contributed by atoms with van der Waals surface area (Å²) in [5.74, 6) is 1.11. The van der Waals surface area contributed by atoms with Crippen molar-refractivity contribution in [2.75, 3.05) is 18.7 Å². The largest absolute Gasteiger partial charge is 0.454 e. The zero-order valence-corrected chi connectivity index (χ0v) is 19.6. The lowest BCUT2D eigenvalue weighted by molar-refractivity contribution is -0.132. The molecule has 0 saturated carbocycles. The van der Waals surface area contributed by atoms with Gasteiger partial charge in [0.1, 0.15) is 0 Å². The van der Waals surface area contributed by atoms with Crippen molar-refractivity contribution in [2.24, 2.45) is 5.10 Å². The number of fused-ring (bicyclic) bond motifs is 1. The third-order valence-corrected chi connectivity index (χ3v) is 6.78. The summed E-state index contributed by atoms with van der Waals surface area (Å²) in [4.78, 5) is 30.5. The number of anilines is 1. The molecule has 174 valence electrons. The highest BCUT2D eigenvalue weighted by Gasteiger charge is 2.22. The van der Waals surface area contributed by atoms with Crippen LogP contribution in [-0.2, 0) is 16.0 Å². The maximum atomic E-state index is 12.5. The molecule has 0 atom stereocenters. The van der Waals surface area contributed by atoms with Gasteiger partial charge in [0.25, 0.3) is 0 Å². The van der Waals surface area contributed by atoms with Crippen LogP contribution < -0.4 is 14.8 Å². The molecule has 2 aliphatic heterocycles.